The van der Waals surface area contributed by atoms with Crippen LogP contribution in [0.25, 0.3) is 11.2 Å². The Morgan fingerprint density at radius 2 is 1.78 bits per heavy atom. The fourth-order valence-electron chi connectivity index (χ4n) is 2.44. The van der Waals surface area contributed by atoms with Gasteiger partial charge in [-0.1, -0.05) is 0 Å². The first kappa shape index (κ1) is 14.0. The van der Waals surface area contributed by atoms with Gasteiger partial charge in [0.25, 0.3) is 0 Å². The zero-order valence-electron chi connectivity index (χ0n) is 11.9. The Kier molecular flexibility index (Phi) is 3.00. The largest absolute Gasteiger partial charge is 0.416 e. The van der Waals surface area contributed by atoms with Gasteiger partial charge in [0.1, 0.15) is 6.33 Å². The molecule has 0 unspecified atom stereocenters. The second kappa shape index (κ2) is 4.94. The van der Waals surface area contributed by atoms with Gasteiger partial charge in [-0.25, -0.2) is 15.0 Å². The van der Waals surface area contributed by atoms with E-state index >= 15 is 0 Å². The number of nitrogens with one attached hydrogen (secondary N) is 1. The molecule has 2 heterocycles. The molecule has 0 bridgehead atoms. The minimum absolute atomic E-state index is 0.439. The maximum atomic E-state index is 12.6. The molecule has 4 rings (SSSR count). The lowest BCUT2D eigenvalue weighted by atomic mass is 10.2. The first-order valence-corrected chi connectivity index (χ1v) is 7.14. The summed E-state index contributed by atoms with van der Waals surface area (Å²) in [6.45, 7) is 0. The van der Waals surface area contributed by atoms with Crippen LogP contribution in [0, 0.1) is 0 Å². The van der Waals surface area contributed by atoms with Crippen LogP contribution in [0.5, 0.6) is 0 Å². The monoisotopic (exact) mass is 319 g/mol. The summed E-state index contributed by atoms with van der Waals surface area (Å²) in [5.74, 6) is 0.481. The van der Waals surface area contributed by atoms with Crippen molar-refractivity contribution in [1.29, 1.82) is 0 Å². The Balaban J connectivity index is 1.65. The highest BCUT2D eigenvalue weighted by molar-refractivity contribution is 5.85. The molecule has 23 heavy (non-hydrogen) atoms. The summed E-state index contributed by atoms with van der Waals surface area (Å²) < 4.78 is 39.8. The molecule has 1 aliphatic carbocycles. The highest BCUT2D eigenvalue weighted by Gasteiger charge is 2.30. The predicted octanol–water partition coefficient (Wildman–Crippen LogP) is 3.92. The highest BCUT2D eigenvalue weighted by atomic mass is 19.4. The van der Waals surface area contributed by atoms with Gasteiger partial charge in [0.2, 0.25) is 0 Å². The third-order valence-electron chi connectivity index (χ3n) is 3.77. The van der Waals surface area contributed by atoms with E-state index in [2.05, 4.69) is 20.3 Å². The van der Waals surface area contributed by atoms with E-state index in [0.717, 1.165) is 30.6 Å². The quantitative estimate of drug-likeness (QED) is 0.795. The van der Waals surface area contributed by atoms with E-state index < -0.39 is 11.7 Å². The Morgan fingerprint density at radius 3 is 2.43 bits per heavy atom. The molecule has 0 amide bonds. The first-order chi connectivity index (χ1) is 11.0. The van der Waals surface area contributed by atoms with Crippen LogP contribution in [0.1, 0.15) is 24.4 Å². The Hall–Kier alpha value is -2.64. The summed E-state index contributed by atoms with van der Waals surface area (Å²) in [4.78, 5) is 12.7. The number of alkyl halides is 3. The molecule has 118 valence electrons. The maximum Gasteiger partial charge on any atom is 0.416 e. The molecule has 0 radical (unpaired) electrons. The molecule has 1 N–H and O–H groups in total. The topological polar surface area (TPSA) is 55.6 Å². The van der Waals surface area contributed by atoms with Crippen molar-refractivity contribution < 1.29 is 13.2 Å². The summed E-state index contributed by atoms with van der Waals surface area (Å²) in [6.07, 6.45) is 1.03. The van der Waals surface area contributed by atoms with Gasteiger partial charge >= 0.3 is 6.18 Å². The maximum absolute atomic E-state index is 12.6. The van der Waals surface area contributed by atoms with E-state index in [0.29, 0.717) is 23.1 Å². The molecule has 0 aliphatic heterocycles. The van der Waals surface area contributed by atoms with E-state index in [-0.39, 0.29) is 0 Å². The molecule has 0 spiro atoms. The zero-order chi connectivity index (χ0) is 16.0. The number of halogens is 3. The van der Waals surface area contributed by atoms with E-state index in [1.54, 1.807) is 6.33 Å². The summed E-state index contributed by atoms with van der Waals surface area (Å²) in [5, 5.41) is 3.00. The predicted molar refractivity (Wildman–Crippen MR) is 78.3 cm³/mol. The number of rotatable bonds is 3. The molecule has 5 nitrogen and oxygen atoms in total. The summed E-state index contributed by atoms with van der Waals surface area (Å²) in [6, 6.07) is 5.24. The molecule has 3 aromatic rings. The van der Waals surface area contributed by atoms with Crippen molar-refractivity contribution in [3.63, 3.8) is 0 Å². The number of imidazole rings is 1. The second-order valence-electron chi connectivity index (χ2n) is 5.48. The molecule has 0 saturated heterocycles. The average molecular weight is 319 g/mol. The number of fused-ring (bicyclic) bond motifs is 1. The van der Waals surface area contributed by atoms with E-state index in [1.165, 1.54) is 18.5 Å². The minimum atomic E-state index is -4.34. The van der Waals surface area contributed by atoms with Crippen molar-refractivity contribution in [3.8, 4) is 0 Å². The molecule has 2 aromatic heterocycles. The Labute approximate surface area is 129 Å². The number of anilines is 2. The molecular formula is C15H12F3N5. The van der Waals surface area contributed by atoms with Gasteiger partial charge in [0.15, 0.2) is 17.0 Å². The third kappa shape index (κ3) is 2.60. The fourth-order valence-corrected chi connectivity index (χ4v) is 2.44. The lowest BCUT2D eigenvalue weighted by Crippen LogP contribution is -2.04. The van der Waals surface area contributed by atoms with Crippen LogP contribution in [0.4, 0.5) is 24.7 Å². The molecule has 1 fully saturated rings. The minimum Gasteiger partial charge on any atom is -0.338 e. The highest BCUT2D eigenvalue weighted by Crippen LogP contribution is 2.37. The second-order valence-corrected chi connectivity index (χ2v) is 5.48. The van der Waals surface area contributed by atoms with E-state index in [1.807, 2.05) is 4.57 Å². The SMILES string of the molecule is FC(F)(F)c1ccc(Nc2ncnc3c2ncn3C2CC2)cc1. The van der Waals surface area contributed by atoms with Crippen LogP contribution in [0.3, 0.4) is 0 Å². The van der Waals surface area contributed by atoms with Gasteiger partial charge in [-0.3, -0.25) is 0 Å². The average Bonchev–Trinajstić information content (AvgIpc) is 3.26. The van der Waals surface area contributed by atoms with Crippen molar-refractivity contribution in [2.45, 2.75) is 25.1 Å². The molecule has 0 atom stereocenters. The smallest absolute Gasteiger partial charge is 0.338 e. The van der Waals surface area contributed by atoms with Gasteiger partial charge < -0.3 is 9.88 Å². The third-order valence-corrected chi connectivity index (χ3v) is 3.77. The van der Waals surface area contributed by atoms with Crippen LogP contribution >= 0.6 is 0 Å². The van der Waals surface area contributed by atoms with Crippen molar-refractivity contribution >= 4 is 22.7 Å². The van der Waals surface area contributed by atoms with E-state index in [4.69, 9.17) is 0 Å². The summed E-state index contributed by atoms with van der Waals surface area (Å²) >= 11 is 0. The van der Waals surface area contributed by atoms with Crippen molar-refractivity contribution in [3.05, 3.63) is 42.5 Å². The number of benzene rings is 1. The molecule has 1 aliphatic rings. The summed E-state index contributed by atoms with van der Waals surface area (Å²) in [5.41, 5.74) is 1.17. The van der Waals surface area contributed by atoms with Crippen LogP contribution in [0.15, 0.2) is 36.9 Å². The lowest BCUT2D eigenvalue weighted by molar-refractivity contribution is -0.137. The standard InChI is InChI=1S/C15H12F3N5/c16-15(17,18)9-1-3-10(4-2-9)22-13-12-14(20-7-19-13)23(8-21-12)11-5-6-11/h1-4,7-8,11H,5-6H2,(H,19,20,22). The first-order valence-electron chi connectivity index (χ1n) is 7.14. The molecular weight excluding hydrogens is 307 g/mol. The molecule has 8 heteroatoms. The van der Waals surface area contributed by atoms with Crippen LogP contribution in [-0.4, -0.2) is 19.5 Å². The van der Waals surface area contributed by atoms with Gasteiger partial charge in [0, 0.05) is 11.7 Å². The van der Waals surface area contributed by atoms with Crippen LogP contribution in [0.2, 0.25) is 0 Å². The van der Waals surface area contributed by atoms with Gasteiger partial charge in [-0.2, -0.15) is 13.2 Å². The van der Waals surface area contributed by atoms with Gasteiger partial charge in [-0.15, -0.1) is 0 Å². The molecule has 1 aromatic carbocycles. The van der Waals surface area contributed by atoms with Crippen LogP contribution in [-0.2, 0) is 6.18 Å². The van der Waals surface area contributed by atoms with Crippen LogP contribution < -0.4 is 5.32 Å². The number of hydrogen-bond acceptors (Lipinski definition) is 4. The zero-order valence-corrected chi connectivity index (χ0v) is 11.9. The number of hydrogen-bond donors (Lipinski definition) is 1. The molecule has 1 saturated carbocycles. The number of aromatic nitrogens is 4. The van der Waals surface area contributed by atoms with Gasteiger partial charge in [0.05, 0.1) is 11.9 Å². The summed E-state index contributed by atoms with van der Waals surface area (Å²) in [7, 11) is 0. The fraction of sp³-hybridized carbons (Fsp3) is 0.267. The van der Waals surface area contributed by atoms with E-state index in [9.17, 15) is 13.2 Å². The lowest BCUT2D eigenvalue weighted by Gasteiger charge is -2.09. The van der Waals surface area contributed by atoms with Crippen molar-refractivity contribution in [1.82, 2.24) is 19.5 Å². The Morgan fingerprint density at radius 1 is 1.04 bits per heavy atom. The number of nitrogens with zero attached hydrogens (tertiary/aromatic N) is 4. The van der Waals surface area contributed by atoms with Crippen molar-refractivity contribution in [2.75, 3.05) is 5.32 Å². The van der Waals surface area contributed by atoms with Crippen molar-refractivity contribution in [2.24, 2.45) is 0 Å². The van der Waals surface area contributed by atoms with Gasteiger partial charge in [-0.05, 0) is 37.1 Å². The Bertz CT molecular complexity index is 850. The normalized spacial score (nSPS) is 15.1.